The molecule has 1 saturated heterocycles. The highest BCUT2D eigenvalue weighted by molar-refractivity contribution is 5.94. The summed E-state index contributed by atoms with van der Waals surface area (Å²) in [5, 5.41) is 0. The van der Waals surface area contributed by atoms with E-state index >= 15 is 0 Å². The first kappa shape index (κ1) is 21.2. The Hall–Kier alpha value is -3.07. The summed E-state index contributed by atoms with van der Waals surface area (Å²) in [6.07, 6.45) is 1.40. The van der Waals surface area contributed by atoms with Gasteiger partial charge in [0.2, 0.25) is 5.91 Å². The van der Waals surface area contributed by atoms with Crippen LogP contribution >= 0.6 is 0 Å². The van der Waals surface area contributed by atoms with Gasteiger partial charge in [-0.25, -0.2) is 9.37 Å². The normalized spacial score (nSPS) is 18.2. The summed E-state index contributed by atoms with van der Waals surface area (Å²) < 4.78 is 19.0. The lowest BCUT2D eigenvalue weighted by Gasteiger charge is -2.28. The molecule has 0 spiro atoms. The third kappa shape index (κ3) is 4.36. The second-order valence-corrected chi connectivity index (χ2v) is 7.90. The zero-order chi connectivity index (χ0) is 22.0. The molecule has 0 bridgehead atoms. The molecular formula is C22H25FN4O4. The van der Waals surface area contributed by atoms with E-state index in [4.69, 9.17) is 4.74 Å². The molecule has 1 atom stereocenters. The number of rotatable bonds is 5. The highest BCUT2D eigenvalue weighted by Crippen LogP contribution is 2.26. The predicted octanol–water partition coefficient (Wildman–Crippen LogP) is 1.46. The minimum absolute atomic E-state index is 0.0111. The maximum absolute atomic E-state index is 14.0. The summed E-state index contributed by atoms with van der Waals surface area (Å²) in [6.45, 7) is 1.95. The van der Waals surface area contributed by atoms with Crippen molar-refractivity contribution in [2.24, 2.45) is 0 Å². The van der Waals surface area contributed by atoms with E-state index in [1.807, 2.05) is 0 Å². The van der Waals surface area contributed by atoms with Crippen molar-refractivity contribution in [3.8, 4) is 0 Å². The maximum Gasteiger partial charge on any atom is 0.257 e. The Morgan fingerprint density at radius 2 is 2.06 bits per heavy atom. The van der Waals surface area contributed by atoms with Crippen molar-refractivity contribution in [1.82, 2.24) is 19.8 Å². The second kappa shape index (κ2) is 8.97. The number of nitrogens with one attached hydrogen (secondary N) is 1. The Morgan fingerprint density at radius 1 is 1.26 bits per heavy atom. The number of carbonyl (C=O) groups is 2. The highest BCUT2D eigenvalue weighted by Gasteiger charge is 2.31. The lowest BCUT2D eigenvalue weighted by Crippen LogP contribution is -2.40. The van der Waals surface area contributed by atoms with Gasteiger partial charge < -0.3 is 19.5 Å². The number of likely N-dealkylation sites (tertiary alicyclic amines) is 1. The number of aromatic amines is 1. The van der Waals surface area contributed by atoms with Crippen LogP contribution in [0.15, 0.2) is 29.1 Å². The van der Waals surface area contributed by atoms with Gasteiger partial charge in [-0.05, 0) is 25.0 Å². The smallest absolute Gasteiger partial charge is 0.257 e. The summed E-state index contributed by atoms with van der Waals surface area (Å²) in [4.78, 5) is 48.5. The van der Waals surface area contributed by atoms with Crippen LogP contribution in [0.25, 0.3) is 0 Å². The van der Waals surface area contributed by atoms with Gasteiger partial charge in [0.05, 0.1) is 30.8 Å². The Bertz CT molecular complexity index is 1050. The van der Waals surface area contributed by atoms with Gasteiger partial charge in [-0.2, -0.15) is 0 Å². The molecule has 2 amide bonds. The third-order valence-electron chi connectivity index (χ3n) is 5.93. The fourth-order valence-electron chi connectivity index (χ4n) is 4.19. The zero-order valence-corrected chi connectivity index (χ0v) is 17.4. The van der Waals surface area contributed by atoms with Crippen LogP contribution < -0.4 is 5.56 Å². The van der Waals surface area contributed by atoms with Crippen LogP contribution in [0, 0.1) is 5.82 Å². The number of ether oxygens (including phenoxy) is 1. The molecule has 164 valence electrons. The molecule has 3 heterocycles. The van der Waals surface area contributed by atoms with Crippen LogP contribution in [0.2, 0.25) is 0 Å². The number of hydrogen-bond acceptors (Lipinski definition) is 5. The Kier molecular flexibility index (Phi) is 6.13. The van der Waals surface area contributed by atoms with E-state index in [0.717, 1.165) is 0 Å². The van der Waals surface area contributed by atoms with Gasteiger partial charge in [0.15, 0.2) is 0 Å². The summed E-state index contributed by atoms with van der Waals surface area (Å²) >= 11 is 0. The standard InChI is InChI=1S/C22H25FN4O4/c1-31-11-8-19(28)26-9-6-14(12-26)20-24-18-13-27(10-7-16(18)21(29)25-20)22(30)15-4-2-3-5-17(15)23/h2-5,14H,6-13H2,1H3,(H,24,25,29). The van der Waals surface area contributed by atoms with Crippen LogP contribution in [0.1, 0.15) is 46.2 Å². The van der Waals surface area contributed by atoms with Crippen LogP contribution in [0.5, 0.6) is 0 Å². The summed E-state index contributed by atoms with van der Waals surface area (Å²) in [5.41, 5.74) is 0.908. The molecule has 2 aromatic rings. The molecule has 2 aliphatic heterocycles. The molecule has 1 N–H and O–H groups in total. The number of aromatic nitrogens is 2. The summed E-state index contributed by atoms with van der Waals surface area (Å²) in [7, 11) is 1.56. The molecule has 0 saturated carbocycles. The molecule has 2 aliphatic rings. The molecule has 31 heavy (non-hydrogen) atoms. The lowest BCUT2D eigenvalue weighted by molar-refractivity contribution is -0.131. The monoisotopic (exact) mass is 428 g/mol. The van der Waals surface area contributed by atoms with E-state index < -0.39 is 11.7 Å². The maximum atomic E-state index is 14.0. The molecule has 0 aliphatic carbocycles. The van der Waals surface area contributed by atoms with Gasteiger partial charge in [-0.1, -0.05) is 12.1 Å². The first-order valence-corrected chi connectivity index (χ1v) is 10.4. The lowest BCUT2D eigenvalue weighted by atomic mass is 10.0. The molecule has 1 aromatic carbocycles. The summed E-state index contributed by atoms with van der Waals surface area (Å²) in [5.74, 6) is -0.496. The van der Waals surface area contributed by atoms with E-state index in [9.17, 15) is 18.8 Å². The third-order valence-corrected chi connectivity index (χ3v) is 5.93. The molecule has 1 aromatic heterocycles. The number of fused-ring (bicyclic) bond motifs is 1. The van der Waals surface area contributed by atoms with E-state index in [2.05, 4.69) is 9.97 Å². The number of amides is 2. The quantitative estimate of drug-likeness (QED) is 0.778. The van der Waals surface area contributed by atoms with Crippen molar-refractivity contribution in [2.75, 3.05) is 33.4 Å². The average molecular weight is 428 g/mol. The molecule has 1 unspecified atom stereocenters. The van der Waals surface area contributed by atoms with Gasteiger partial charge in [0.25, 0.3) is 11.5 Å². The topological polar surface area (TPSA) is 95.6 Å². The number of benzene rings is 1. The molecule has 1 fully saturated rings. The van der Waals surface area contributed by atoms with E-state index in [1.165, 1.54) is 23.1 Å². The molecule has 4 rings (SSSR count). The average Bonchev–Trinajstić information content (AvgIpc) is 3.27. The first-order valence-electron chi connectivity index (χ1n) is 10.4. The number of halogens is 1. The zero-order valence-electron chi connectivity index (χ0n) is 17.4. The molecule has 9 heteroatoms. The van der Waals surface area contributed by atoms with Crippen molar-refractivity contribution in [3.63, 3.8) is 0 Å². The van der Waals surface area contributed by atoms with E-state index in [0.29, 0.717) is 62.6 Å². The van der Waals surface area contributed by atoms with Gasteiger partial charge >= 0.3 is 0 Å². The van der Waals surface area contributed by atoms with E-state index in [-0.39, 0.29) is 29.5 Å². The SMILES string of the molecule is COCCC(=O)N1CCC(c2nc3c(c(=O)[nH]2)CCN(C(=O)c2ccccc2F)C3)C1. The summed E-state index contributed by atoms with van der Waals surface area (Å²) in [6, 6.07) is 5.87. The van der Waals surface area contributed by atoms with Crippen molar-refractivity contribution in [2.45, 2.75) is 31.7 Å². The number of H-pyrrole nitrogens is 1. The molecule has 8 nitrogen and oxygen atoms in total. The van der Waals surface area contributed by atoms with Gasteiger partial charge in [-0.3, -0.25) is 14.4 Å². The van der Waals surface area contributed by atoms with Crippen molar-refractivity contribution in [3.05, 3.63) is 63.1 Å². The van der Waals surface area contributed by atoms with Crippen molar-refractivity contribution >= 4 is 11.8 Å². The van der Waals surface area contributed by atoms with Crippen LogP contribution in [-0.2, 0) is 22.5 Å². The minimum atomic E-state index is -0.568. The molecular weight excluding hydrogens is 403 g/mol. The number of hydrogen-bond donors (Lipinski definition) is 1. The fourth-order valence-corrected chi connectivity index (χ4v) is 4.19. The largest absolute Gasteiger partial charge is 0.384 e. The van der Waals surface area contributed by atoms with Gasteiger partial charge in [0.1, 0.15) is 11.6 Å². The number of methoxy groups -OCH3 is 1. The predicted molar refractivity (Wildman–Crippen MR) is 110 cm³/mol. The van der Waals surface area contributed by atoms with Crippen LogP contribution in [0.4, 0.5) is 4.39 Å². The van der Waals surface area contributed by atoms with Crippen molar-refractivity contribution in [1.29, 1.82) is 0 Å². The fraction of sp³-hybridized carbons (Fsp3) is 0.455. The van der Waals surface area contributed by atoms with Gasteiger partial charge in [0, 0.05) is 38.2 Å². The van der Waals surface area contributed by atoms with Gasteiger partial charge in [-0.15, -0.1) is 0 Å². The number of carbonyl (C=O) groups excluding carboxylic acids is 2. The highest BCUT2D eigenvalue weighted by atomic mass is 19.1. The Balaban J connectivity index is 1.51. The Morgan fingerprint density at radius 3 is 2.84 bits per heavy atom. The van der Waals surface area contributed by atoms with Crippen LogP contribution in [0.3, 0.4) is 0 Å². The second-order valence-electron chi connectivity index (χ2n) is 7.90. The van der Waals surface area contributed by atoms with Crippen molar-refractivity contribution < 1.29 is 18.7 Å². The first-order chi connectivity index (χ1) is 15.0. The number of nitrogens with zero attached hydrogens (tertiary/aromatic N) is 3. The minimum Gasteiger partial charge on any atom is -0.384 e. The Labute approximate surface area is 179 Å². The molecule has 0 radical (unpaired) electrons. The van der Waals surface area contributed by atoms with E-state index in [1.54, 1.807) is 18.1 Å². The van der Waals surface area contributed by atoms with Crippen LogP contribution in [-0.4, -0.2) is 64.9 Å².